The Labute approximate surface area is 121 Å². The molecule has 0 saturated carbocycles. The van der Waals surface area contributed by atoms with E-state index < -0.39 is 11.7 Å². The predicted octanol–water partition coefficient (Wildman–Crippen LogP) is 1.31. The number of halogens is 3. The van der Waals surface area contributed by atoms with Crippen molar-refractivity contribution >= 4 is 5.91 Å². The highest BCUT2D eigenvalue weighted by Crippen LogP contribution is 2.29. The van der Waals surface area contributed by atoms with Gasteiger partial charge in [-0.25, -0.2) is 0 Å². The van der Waals surface area contributed by atoms with E-state index in [-0.39, 0.29) is 12.5 Å². The van der Waals surface area contributed by atoms with E-state index in [1.165, 1.54) is 12.1 Å². The third kappa shape index (κ3) is 4.18. The molecule has 0 unspecified atom stereocenters. The molecule has 1 aromatic rings. The number of rotatable bonds is 3. The number of carbonyl (C=O) groups excluding carboxylic acids is 1. The van der Waals surface area contributed by atoms with Crippen LogP contribution in [0.2, 0.25) is 0 Å². The molecule has 1 aliphatic rings. The Hall–Kier alpha value is -1.60. The van der Waals surface area contributed by atoms with Crippen LogP contribution < -0.4 is 5.73 Å². The van der Waals surface area contributed by atoms with Crippen LogP contribution >= 0.6 is 0 Å². The monoisotopic (exact) mass is 301 g/mol. The van der Waals surface area contributed by atoms with Gasteiger partial charge in [0.05, 0.1) is 12.1 Å². The minimum absolute atomic E-state index is 0.00632. The summed E-state index contributed by atoms with van der Waals surface area (Å²) in [4.78, 5) is 15.2. The van der Waals surface area contributed by atoms with Crippen LogP contribution in [0.4, 0.5) is 13.2 Å². The van der Waals surface area contributed by atoms with Gasteiger partial charge in [0.2, 0.25) is 5.91 Å². The van der Waals surface area contributed by atoms with Gasteiger partial charge < -0.3 is 10.6 Å². The van der Waals surface area contributed by atoms with E-state index >= 15 is 0 Å². The number of hydrogen-bond donors (Lipinski definition) is 1. The van der Waals surface area contributed by atoms with Crippen molar-refractivity contribution in [3.63, 3.8) is 0 Å². The Bertz CT molecular complexity index is 496. The van der Waals surface area contributed by atoms with Gasteiger partial charge in [-0.15, -0.1) is 0 Å². The lowest BCUT2D eigenvalue weighted by molar-refractivity contribution is -0.137. The van der Waals surface area contributed by atoms with Gasteiger partial charge in [-0.1, -0.05) is 18.2 Å². The summed E-state index contributed by atoms with van der Waals surface area (Å²) >= 11 is 0. The molecule has 1 saturated heterocycles. The summed E-state index contributed by atoms with van der Waals surface area (Å²) in [7, 11) is 0. The van der Waals surface area contributed by atoms with Crippen molar-refractivity contribution in [1.29, 1.82) is 0 Å². The second kappa shape index (κ2) is 6.44. The van der Waals surface area contributed by atoms with Crippen molar-refractivity contribution in [2.45, 2.75) is 12.7 Å². The summed E-state index contributed by atoms with van der Waals surface area (Å²) in [5.41, 5.74) is 5.31. The van der Waals surface area contributed by atoms with Gasteiger partial charge in [-0.05, 0) is 11.6 Å². The molecule has 0 aromatic heterocycles. The van der Waals surface area contributed by atoms with Gasteiger partial charge in [-0.2, -0.15) is 13.2 Å². The van der Waals surface area contributed by atoms with Crippen LogP contribution in [0.3, 0.4) is 0 Å². The largest absolute Gasteiger partial charge is 0.416 e. The molecule has 0 bridgehead atoms. The van der Waals surface area contributed by atoms with E-state index in [1.807, 2.05) is 4.90 Å². The molecule has 1 aromatic carbocycles. The van der Waals surface area contributed by atoms with Crippen molar-refractivity contribution in [1.82, 2.24) is 9.80 Å². The predicted molar refractivity (Wildman–Crippen MR) is 72.4 cm³/mol. The number of piperazine rings is 1. The van der Waals surface area contributed by atoms with Crippen LogP contribution in [0.15, 0.2) is 24.3 Å². The highest BCUT2D eigenvalue weighted by atomic mass is 19.4. The van der Waals surface area contributed by atoms with E-state index in [2.05, 4.69) is 0 Å². The Kier molecular flexibility index (Phi) is 4.84. The molecule has 1 fully saturated rings. The smallest absolute Gasteiger partial charge is 0.339 e. The molecule has 21 heavy (non-hydrogen) atoms. The SMILES string of the molecule is NCC(=O)N1CCN(Cc2cccc(C(F)(F)F)c2)CC1. The normalized spacial score (nSPS) is 17.0. The number of carbonyl (C=O) groups is 1. The zero-order valence-electron chi connectivity index (χ0n) is 11.6. The van der Waals surface area contributed by atoms with Crippen LogP contribution in [-0.4, -0.2) is 48.4 Å². The number of benzene rings is 1. The summed E-state index contributed by atoms with van der Waals surface area (Å²) in [6.07, 6.45) is -4.32. The Balaban J connectivity index is 1.93. The van der Waals surface area contributed by atoms with E-state index in [4.69, 9.17) is 5.73 Å². The summed E-state index contributed by atoms with van der Waals surface area (Å²) in [6, 6.07) is 5.36. The fraction of sp³-hybridized carbons (Fsp3) is 0.500. The molecule has 4 nitrogen and oxygen atoms in total. The molecule has 1 amide bonds. The van der Waals surface area contributed by atoms with Crippen LogP contribution in [0, 0.1) is 0 Å². The molecule has 1 heterocycles. The van der Waals surface area contributed by atoms with E-state index in [1.54, 1.807) is 11.0 Å². The van der Waals surface area contributed by atoms with E-state index in [9.17, 15) is 18.0 Å². The first kappa shape index (κ1) is 15.8. The molecule has 1 aliphatic heterocycles. The lowest BCUT2D eigenvalue weighted by Gasteiger charge is -2.34. The highest BCUT2D eigenvalue weighted by molar-refractivity contribution is 5.78. The Morgan fingerprint density at radius 1 is 1.19 bits per heavy atom. The second-order valence-corrected chi connectivity index (χ2v) is 5.06. The fourth-order valence-corrected chi connectivity index (χ4v) is 2.39. The average Bonchev–Trinajstić information content (AvgIpc) is 2.47. The molecule has 0 radical (unpaired) electrons. The first-order chi connectivity index (χ1) is 9.90. The summed E-state index contributed by atoms with van der Waals surface area (Å²) in [5, 5.41) is 0. The van der Waals surface area contributed by atoms with Crippen molar-refractivity contribution < 1.29 is 18.0 Å². The minimum Gasteiger partial charge on any atom is -0.339 e. The number of hydrogen-bond acceptors (Lipinski definition) is 3. The van der Waals surface area contributed by atoms with Crippen LogP contribution in [0.5, 0.6) is 0 Å². The third-order valence-corrected chi connectivity index (χ3v) is 3.56. The van der Waals surface area contributed by atoms with Crippen LogP contribution in [-0.2, 0) is 17.5 Å². The lowest BCUT2D eigenvalue weighted by Crippen LogP contribution is -2.49. The zero-order valence-corrected chi connectivity index (χ0v) is 11.6. The maximum atomic E-state index is 12.7. The van der Waals surface area contributed by atoms with Gasteiger partial charge in [-0.3, -0.25) is 9.69 Å². The zero-order chi connectivity index (χ0) is 15.5. The van der Waals surface area contributed by atoms with Gasteiger partial charge in [0, 0.05) is 32.7 Å². The van der Waals surface area contributed by atoms with Crippen molar-refractivity contribution in [3.05, 3.63) is 35.4 Å². The van der Waals surface area contributed by atoms with Crippen molar-refractivity contribution in [2.75, 3.05) is 32.7 Å². The first-order valence-corrected chi connectivity index (χ1v) is 6.76. The standard InChI is InChI=1S/C14H18F3N3O/c15-14(16,17)12-3-1-2-11(8-12)10-19-4-6-20(7-5-19)13(21)9-18/h1-3,8H,4-7,9-10,18H2. The highest BCUT2D eigenvalue weighted by Gasteiger charge is 2.30. The maximum absolute atomic E-state index is 12.7. The molecule has 7 heteroatoms. The molecule has 0 atom stereocenters. The average molecular weight is 301 g/mol. The summed E-state index contributed by atoms with van der Waals surface area (Å²) in [5.74, 6) is -0.0891. The van der Waals surface area contributed by atoms with E-state index in [0.717, 1.165) is 6.07 Å². The van der Waals surface area contributed by atoms with Crippen molar-refractivity contribution in [3.8, 4) is 0 Å². The molecular formula is C14H18F3N3O. The maximum Gasteiger partial charge on any atom is 0.416 e. The number of nitrogens with two attached hydrogens (primary N) is 1. The van der Waals surface area contributed by atoms with Crippen LogP contribution in [0.1, 0.15) is 11.1 Å². The lowest BCUT2D eigenvalue weighted by atomic mass is 10.1. The number of amides is 1. The number of nitrogens with zero attached hydrogens (tertiary/aromatic N) is 2. The molecule has 2 rings (SSSR count). The Morgan fingerprint density at radius 2 is 1.86 bits per heavy atom. The number of alkyl halides is 3. The summed E-state index contributed by atoms with van der Waals surface area (Å²) in [6.45, 7) is 2.86. The molecule has 116 valence electrons. The molecule has 0 aliphatic carbocycles. The molecule has 2 N–H and O–H groups in total. The van der Waals surface area contributed by atoms with Gasteiger partial charge in [0.1, 0.15) is 0 Å². The van der Waals surface area contributed by atoms with Crippen LogP contribution in [0.25, 0.3) is 0 Å². The van der Waals surface area contributed by atoms with Gasteiger partial charge in [0.25, 0.3) is 0 Å². The third-order valence-electron chi connectivity index (χ3n) is 3.56. The van der Waals surface area contributed by atoms with Crippen molar-refractivity contribution in [2.24, 2.45) is 5.73 Å². The molecular weight excluding hydrogens is 283 g/mol. The first-order valence-electron chi connectivity index (χ1n) is 6.76. The van der Waals surface area contributed by atoms with Gasteiger partial charge >= 0.3 is 6.18 Å². The fourth-order valence-electron chi connectivity index (χ4n) is 2.39. The topological polar surface area (TPSA) is 49.6 Å². The second-order valence-electron chi connectivity index (χ2n) is 5.06. The minimum atomic E-state index is -4.32. The van der Waals surface area contributed by atoms with E-state index in [0.29, 0.717) is 38.3 Å². The Morgan fingerprint density at radius 3 is 2.43 bits per heavy atom. The summed E-state index contributed by atoms with van der Waals surface area (Å²) < 4.78 is 38.0. The molecule has 0 spiro atoms. The quantitative estimate of drug-likeness (QED) is 0.916. The van der Waals surface area contributed by atoms with Gasteiger partial charge in [0.15, 0.2) is 0 Å².